The molecule has 2 aromatic rings. The summed E-state index contributed by atoms with van der Waals surface area (Å²) in [5, 5.41) is 2.99. The highest BCUT2D eigenvalue weighted by Gasteiger charge is 2.21. The number of benzene rings is 1. The fraction of sp³-hybridized carbons (Fsp3) is 0.444. The van der Waals surface area contributed by atoms with E-state index in [1.165, 1.54) is 23.5 Å². The third-order valence-corrected chi connectivity index (χ3v) is 7.03. The predicted molar refractivity (Wildman–Crippen MR) is 103 cm³/mol. The average molecular weight is 414 g/mol. The van der Waals surface area contributed by atoms with E-state index in [1.807, 2.05) is 12.3 Å². The highest BCUT2D eigenvalue weighted by atomic mass is 32.2. The van der Waals surface area contributed by atoms with E-state index in [9.17, 15) is 17.6 Å². The lowest BCUT2D eigenvalue weighted by molar-refractivity contribution is -0.130. The van der Waals surface area contributed by atoms with Gasteiger partial charge >= 0.3 is 0 Å². The molecule has 0 radical (unpaired) electrons. The van der Waals surface area contributed by atoms with E-state index in [2.05, 4.69) is 4.98 Å². The number of aromatic nitrogens is 1. The highest BCUT2D eigenvalue weighted by Crippen LogP contribution is 2.16. The lowest BCUT2D eigenvalue weighted by Crippen LogP contribution is -2.30. The zero-order valence-electron chi connectivity index (χ0n) is 15.7. The summed E-state index contributed by atoms with van der Waals surface area (Å²) in [7, 11) is -0.522. The molecule has 0 unspecified atom stereocenters. The molecule has 9 heteroatoms. The lowest BCUT2D eigenvalue weighted by Gasteiger charge is -2.19. The van der Waals surface area contributed by atoms with E-state index in [4.69, 9.17) is 0 Å². The second kappa shape index (κ2) is 9.38. The SMILES string of the molecule is CCc1nc(CN(C)C(=O)CCCN(C)S(=O)(=O)c2ccc(F)cc2)cs1. The summed E-state index contributed by atoms with van der Waals surface area (Å²) in [4.78, 5) is 18.3. The molecule has 0 saturated carbocycles. The number of aryl methyl sites for hydroxylation is 1. The summed E-state index contributed by atoms with van der Waals surface area (Å²) in [5.74, 6) is -0.551. The standard InChI is InChI=1S/C18H24FN3O3S2/c1-4-17-20-15(13-26-17)12-21(2)18(23)6-5-11-22(3)27(24,25)16-9-7-14(19)8-10-16/h7-10,13H,4-6,11-12H2,1-3H3. The van der Waals surface area contributed by atoms with Crippen molar-refractivity contribution in [1.29, 1.82) is 0 Å². The molecule has 0 atom stereocenters. The Labute approximate surface area is 163 Å². The van der Waals surface area contributed by atoms with Crippen molar-refractivity contribution in [2.24, 2.45) is 0 Å². The van der Waals surface area contributed by atoms with Gasteiger partial charge in [0.15, 0.2) is 0 Å². The summed E-state index contributed by atoms with van der Waals surface area (Å²) in [6, 6.07) is 4.69. The van der Waals surface area contributed by atoms with Crippen LogP contribution in [0.5, 0.6) is 0 Å². The van der Waals surface area contributed by atoms with Gasteiger partial charge in [0.05, 0.1) is 22.1 Å². The Kier molecular flexibility index (Phi) is 7.46. The molecule has 2 rings (SSSR count). The number of carbonyl (C=O) groups excluding carboxylic acids is 1. The Morgan fingerprint density at radius 3 is 2.48 bits per heavy atom. The largest absolute Gasteiger partial charge is 0.340 e. The monoisotopic (exact) mass is 413 g/mol. The number of hydrogen-bond acceptors (Lipinski definition) is 5. The van der Waals surface area contributed by atoms with Crippen molar-refractivity contribution in [3.05, 3.63) is 46.2 Å². The molecule has 1 aromatic carbocycles. The van der Waals surface area contributed by atoms with Crippen LogP contribution in [0.3, 0.4) is 0 Å². The van der Waals surface area contributed by atoms with Crippen LogP contribution in [0.4, 0.5) is 4.39 Å². The molecule has 148 valence electrons. The number of thiazole rings is 1. The predicted octanol–water partition coefficient (Wildman–Crippen LogP) is 2.90. The first-order valence-corrected chi connectivity index (χ1v) is 10.9. The Hall–Kier alpha value is -1.84. The average Bonchev–Trinajstić information content (AvgIpc) is 3.09. The molecule has 0 N–H and O–H groups in total. The van der Waals surface area contributed by atoms with E-state index in [-0.39, 0.29) is 23.8 Å². The molecule has 1 aromatic heterocycles. The highest BCUT2D eigenvalue weighted by molar-refractivity contribution is 7.89. The van der Waals surface area contributed by atoms with Crippen LogP contribution in [0.1, 0.15) is 30.5 Å². The van der Waals surface area contributed by atoms with E-state index in [1.54, 1.807) is 23.3 Å². The van der Waals surface area contributed by atoms with Crippen LogP contribution in [0.25, 0.3) is 0 Å². The van der Waals surface area contributed by atoms with E-state index >= 15 is 0 Å². The first-order chi connectivity index (χ1) is 12.7. The quantitative estimate of drug-likeness (QED) is 0.634. The second-order valence-corrected chi connectivity index (χ2v) is 9.21. The molecule has 0 spiro atoms. The summed E-state index contributed by atoms with van der Waals surface area (Å²) in [6.07, 6.45) is 1.51. The van der Waals surface area contributed by atoms with Crippen LogP contribution >= 0.6 is 11.3 Å². The van der Waals surface area contributed by atoms with Crippen molar-refractivity contribution >= 4 is 27.3 Å². The number of sulfonamides is 1. The zero-order valence-corrected chi connectivity index (χ0v) is 17.3. The van der Waals surface area contributed by atoms with Gasteiger partial charge in [0.2, 0.25) is 15.9 Å². The van der Waals surface area contributed by atoms with Gasteiger partial charge in [-0.1, -0.05) is 6.92 Å². The molecule has 0 bridgehead atoms. The van der Waals surface area contributed by atoms with Gasteiger partial charge in [-0.2, -0.15) is 0 Å². The van der Waals surface area contributed by atoms with Crippen LogP contribution in [-0.4, -0.2) is 49.2 Å². The van der Waals surface area contributed by atoms with E-state index in [0.717, 1.165) is 29.3 Å². The molecule has 0 saturated heterocycles. The van der Waals surface area contributed by atoms with Gasteiger partial charge in [0.25, 0.3) is 0 Å². The van der Waals surface area contributed by atoms with Crippen molar-refractivity contribution in [1.82, 2.24) is 14.2 Å². The van der Waals surface area contributed by atoms with Gasteiger partial charge in [-0.3, -0.25) is 4.79 Å². The Morgan fingerprint density at radius 1 is 1.22 bits per heavy atom. The summed E-state index contributed by atoms with van der Waals surface area (Å²) in [6.45, 7) is 2.68. The van der Waals surface area contributed by atoms with Crippen LogP contribution in [0, 0.1) is 5.82 Å². The Balaban J connectivity index is 1.83. The Morgan fingerprint density at radius 2 is 1.89 bits per heavy atom. The molecule has 27 heavy (non-hydrogen) atoms. The van der Waals surface area contributed by atoms with E-state index in [0.29, 0.717) is 13.0 Å². The minimum atomic E-state index is -3.69. The maximum atomic E-state index is 13.0. The molecule has 0 aliphatic carbocycles. The van der Waals surface area contributed by atoms with Gasteiger partial charge < -0.3 is 4.90 Å². The number of hydrogen-bond donors (Lipinski definition) is 0. The zero-order chi connectivity index (χ0) is 20.0. The van der Waals surface area contributed by atoms with Gasteiger partial charge in [-0.15, -0.1) is 11.3 Å². The maximum absolute atomic E-state index is 13.0. The minimum Gasteiger partial charge on any atom is -0.340 e. The molecule has 0 fully saturated rings. The fourth-order valence-corrected chi connectivity index (χ4v) is 4.41. The van der Waals surface area contributed by atoms with Crippen molar-refractivity contribution in [3.8, 4) is 0 Å². The van der Waals surface area contributed by atoms with Crippen LogP contribution in [0.2, 0.25) is 0 Å². The van der Waals surface area contributed by atoms with Crippen molar-refractivity contribution < 1.29 is 17.6 Å². The van der Waals surface area contributed by atoms with Crippen molar-refractivity contribution in [2.45, 2.75) is 37.6 Å². The first kappa shape index (κ1) is 21.5. The number of rotatable bonds is 9. The smallest absolute Gasteiger partial charge is 0.242 e. The summed E-state index contributed by atoms with van der Waals surface area (Å²) < 4.78 is 39.0. The fourth-order valence-electron chi connectivity index (χ4n) is 2.47. The van der Waals surface area contributed by atoms with Gasteiger partial charge in [0.1, 0.15) is 5.82 Å². The minimum absolute atomic E-state index is 0.0325. The topological polar surface area (TPSA) is 70.6 Å². The van der Waals surface area contributed by atoms with E-state index < -0.39 is 15.8 Å². The molecular formula is C18H24FN3O3S2. The molecule has 1 heterocycles. The molecule has 0 aliphatic heterocycles. The van der Waals surface area contributed by atoms with Crippen LogP contribution in [-0.2, 0) is 27.8 Å². The Bertz CT molecular complexity index is 866. The van der Waals surface area contributed by atoms with Crippen LogP contribution in [0.15, 0.2) is 34.5 Å². The van der Waals surface area contributed by atoms with Crippen molar-refractivity contribution in [3.63, 3.8) is 0 Å². The summed E-state index contributed by atoms with van der Waals surface area (Å²) >= 11 is 1.58. The molecule has 0 aliphatic rings. The number of carbonyl (C=O) groups is 1. The normalized spacial score (nSPS) is 11.7. The van der Waals surface area contributed by atoms with Gasteiger partial charge in [-0.05, 0) is 37.1 Å². The van der Waals surface area contributed by atoms with Gasteiger partial charge in [-0.25, -0.2) is 22.1 Å². The third-order valence-electron chi connectivity index (χ3n) is 4.11. The first-order valence-electron chi connectivity index (χ1n) is 8.63. The number of amides is 1. The number of halogens is 1. The maximum Gasteiger partial charge on any atom is 0.242 e. The van der Waals surface area contributed by atoms with Gasteiger partial charge in [0, 0.05) is 32.4 Å². The summed E-state index contributed by atoms with van der Waals surface area (Å²) in [5.41, 5.74) is 0.865. The lowest BCUT2D eigenvalue weighted by atomic mass is 10.2. The third kappa shape index (κ3) is 5.82. The van der Waals surface area contributed by atoms with Crippen LogP contribution < -0.4 is 0 Å². The molecule has 6 nitrogen and oxygen atoms in total. The second-order valence-electron chi connectivity index (χ2n) is 6.22. The van der Waals surface area contributed by atoms with Crippen molar-refractivity contribution in [2.75, 3.05) is 20.6 Å². The molecular weight excluding hydrogens is 389 g/mol. The molecule has 1 amide bonds. The number of nitrogens with zero attached hydrogens (tertiary/aromatic N) is 3.